The average Bonchev–Trinajstić information content (AvgIpc) is 2.38. The van der Waals surface area contributed by atoms with Crippen molar-refractivity contribution in [2.24, 2.45) is 0 Å². The molecule has 0 aliphatic carbocycles. The fourth-order valence-corrected chi connectivity index (χ4v) is 3.11. The molecule has 0 fully saturated rings. The minimum Gasteiger partial charge on any atom is -0.328 e. The van der Waals surface area contributed by atoms with Crippen molar-refractivity contribution in [3.8, 4) is 0 Å². The Morgan fingerprint density at radius 3 is 2.10 bits per heavy atom. The Kier molecular flexibility index (Phi) is 10.5. The highest BCUT2D eigenvalue weighted by Crippen LogP contribution is 2.05. The van der Waals surface area contributed by atoms with E-state index in [2.05, 4.69) is 18.7 Å². The van der Waals surface area contributed by atoms with E-state index in [0.717, 1.165) is 32.6 Å². The van der Waals surface area contributed by atoms with Gasteiger partial charge in [-0.2, -0.15) is 8.42 Å². The van der Waals surface area contributed by atoms with E-state index in [9.17, 15) is 8.42 Å². The fourth-order valence-electron chi connectivity index (χ4n) is 2.39. The standard InChI is InChI=1S/C15H34N2O3S/c1-5-7-8-9-11-16(6-2)12-10-13-17(3,4)14-15-21(18,19)20/h5-15H2,1-4H3/p+1. The Morgan fingerprint density at radius 1 is 0.952 bits per heavy atom. The molecule has 128 valence electrons. The van der Waals surface area contributed by atoms with Gasteiger partial charge in [0.1, 0.15) is 5.75 Å². The SMILES string of the molecule is CCCCCCN(CC)CCC[N+](C)(C)CCS(=O)(=O)O. The lowest BCUT2D eigenvalue weighted by atomic mass is 10.2. The summed E-state index contributed by atoms with van der Waals surface area (Å²) < 4.78 is 31.1. The molecular formula is C15H35N2O3S+. The second-order valence-electron chi connectivity index (χ2n) is 6.52. The van der Waals surface area contributed by atoms with Crippen molar-refractivity contribution in [3.63, 3.8) is 0 Å². The third-order valence-corrected chi connectivity index (χ3v) is 4.67. The van der Waals surface area contributed by atoms with Crippen LogP contribution in [-0.4, -0.2) is 74.9 Å². The van der Waals surface area contributed by atoms with Crippen LogP contribution in [0.3, 0.4) is 0 Å². The van der Waals surface area contributed by atoms with E-state index in [0.29, 0.717) is 11.0 Å². The summed E-state index contributed by atoms with van der Waals surface area (Å²) in [5, 5.41) is 0. The molecule has 0 atom stereocenters. The van der Waals surface area contributed by atoms with E-state index in [-0.39, 0.29) is 5.75 Å². The molecule has 0 aromatic carbocycles. The maximum atomic E-state index is 10.8. The van der Waals surface area contributed by atoms with Crippen molar-refractivity contribution in [2.75, 3.05) is 52.6 Å². The van der Waals surface area contributed by atoms with Gasteiger partial charge >= 0.3 is 0 Å². The van der Waals surface area contributed by atoms with Gasteiger partial charge in [-0.15, -0.1) is 0 Å². The Balaban J connectivity index is 3.91. The minimum absolute atomic E-state index is 0.158. The van der Waals surface area contributed by atoms with Crippen LogP contribution in [0.1, 0.15) is 46.0 Å². The zero-order valence-electron chi connectivity index (χ0n) is 14.3. The van der Waals surface area contributed by atoms with Gasteiger partial charge in [0.15, 0.2) is 0 Å². The molecule has 0 saturated heterocycles. The zero-order valence-corrected chi connectivity index (χ0v) is 15.2. The molecule has 0 aromatic rings. The van der Waals surface area contributed by atoms with E-state index >= 15 is 0 Å². The molecule has 1 N–H and O–H groups in total. The van der Waals surface area contributed by atoms with Crippen LogP contribution in [-0.2, 0) is 10.1 Å². The summed E-state index contributed by atoms with van der Waals surface area (Å²) in [6.07, 6.45) is 6.22. The van der Waals surface area contributed by atoms with Crippen molar-refractivity contribution in [2.45, 2.75) is 46.0 Å². The summed E-state index contributed by atoms with van der Waals surface area (Å²) in [6.45, 7) is 9.11. The highest BCUT2D eigenvalue weighted by molar-refractivity contribution is 7.85. The fraction of sp³-hybridized carbons (Fsp3) is 1.00. The third kappa shape index (κ3) is 13.2. The molecule has 0 heterocycles. The highest BCUT2D eigenvalue weighted by Gasteiger charge is 2.19. The van der Waals surface area contributed by atoms with Crippen molar-refractivity contribution in [1.29, 1.82) is 0 Å². The molecule has 0 aromatic heterocycles. The second kappa shape index (κ2) is 10.5. The molecule has 0 radical (unpaired) electrons. The molecule has 5 nitrogen and oxygen atoms in total. The molecular weight excluding hydrogens is 288 g/mol. The predicted octanol–water partition coefficient (Wildman–Crippen LogP) is 2.24. The van der Waals surface area contributed by atoms with Crippen LogP contribution in [0.5, 0.6) is 0 Å². The minimum atomic E-state index is -3.85. The van der Waals surface area contributed by atoms with Gasteiger partial charge in [-0.1, -0.05) is 33.1 Å². The molecule has 0 aliphatic heterocycles. The number of quaternary nitrogens is 1. The summed E-state index contributed by atoms with van der Waals surface area (Å²) >= 11 is 0. The van der Waals surface area contributed by atoms with Crippen molar-refractivity contribution in [1.82, 2.24) is 4.90 Å². The van der Waals surface area contributed by atoms with E-state index in [1.54, 1.807) is 0 Å². The summed E-state index contributed by atoms with van der Waals surface area (Å²) in [6, 6.07) is 0. The van der Waals surface area contributed by atoms with Gasteiger partial charge in [0.05, 0.1) is 27.2 Å². The van der Waals surface area contributed by atoms with Gasteiger partial charge in [-0.3, -0.25) is 4.55 Å². The van der Waals surface area contributed by atoms with Crippen molar-refractivity contribution < 1.29 is 17.5 Å². The topological polar surface area (TPSA) is 57.6 Å². The summed E-state index contributed by atoms with van der Waals surface area (Å²) in [4.78, 5) is 2.47. The maximum Gasteiger partial charge on any atom is 0.270 e. The van der Waals surface area contributed by atoms with Crippen LogP contribution in [0.25, 0.3) is 0 Å². The van der Waals surface area contributed by atoms with Crippen LogP contribution >= 0.6 is 0 Å². The first-order valence-electron chi connectivity index (χ1n) is 8.19. The lowest BCUT2D eigenvalue weighted by Gasteiger charge is -2.30. The molecule has 0 saturated carbocycles. The molecule has 0 spiro atoms. The summed E-state index contributed by atoms with van der Waals surface area (Å²) in [5.74, 6) is -0.158. The smallest absolute Gasteiger partial charge is 0.270 e. The van der Waals surface area contributed by atoms with Crippen LogP contribution < -0.4 is 0 Å². The van der Waals surface area contributed by atoms with Gasteiger partial charge in [-0.05, 0) is 19.5 Å². The molecule has 0 bridgehead atoms. The zero-order chi connectivity index (χ0) is 16.4. The number of rotatable bonds is 13. The Morgan fingerprint density at radius 2 is 1.57 bits per heavy atom. The molecule has 0 rings (SSSR count). The molecule has 21 heavy (non-hydrogen) atoms. The predicted molar refractivity (Wildman–Crippen MR) is 89.1 cm³/mol. The largest absolute Gasteiger partial charge is 0.328 e. The highest BCUT2D eigenvalue weighted by atomic mass is 32.2. The Labute approximate surface area is 131 Å². The lowest BCUT2D eigenvalue weighted by Crippen LogP contribution is -2.44. The van der Waals surface area contributed by atoms with E-state index < -0.39 is 10.1 Å². The second-order valence-corrected chi connectivity index (χ2v) is 8.09. The monoisotopic (exact) mass is 323 g/mol. The number of hydrogen-bond donors (Lipinski definition) is 1. The summed E-state index contributed by atoms with van der Waals surface area (Å²) in [7, 11) is 0.186. The third-order valence-electron chi connectivity index (χ3n) is 3.97. The van der Waals surface area contributed by atoms with Gasteiger partial charge in [0.25, 0.3) is 10.1 Å². The van der Waals surface area contributed by atoms with Crippen molar-refractivity contribution in [3.05, 3.63) is 0 Å². The number of unbranched alkanes of at least 4 members (excludes halogenated alkanes) is 3. The molecule has 6 heteroatoms. The van der Waals surface area contributed by atoms with Crippen LogP contribution in [0.4, 0.5) is 0 Å². The normalized spacial score (nSPS) is 13.0. The molecule has 0 amide bonds. The summed E-state index contributed by atoms with van der Waals surface area (Å²) in [5.41, 5.74) is 0. The van der Waals surface area contributed by atoms with Gasteiger partial charge in [0, 0.05) is 13.0 Å². The number of hydrogen-bond acceptors (Lipinski definition) is 3. The first-order chi connectivity index (χ1) is 9.70. The molecule has 0 unspecified atom stereocenters. The van der Waals surface area contributed by atoms with Crippen LogP contribution in [0.15, 0.2) is 0 Å². The quantitative estimate of drug-likeness (QED) is 0.321. The van der Waals surface area contributed by atoms with Crippen molar-refractivity contribution >= 4 is 10.1 Å². The van der Waals surface area contributed by atoms with E-state index in [4.69, 9.17) is 4.55 Å². The van der Waals surface area contributed by atoms with Crippen LogP contribution in [0.2, 0.25) is 0 Å². The van der Waals surface area contributed by atoms with Gasteiger partial charge < -0.3 is 9.38 Å². The first-order valence-corrected chi connectivity index (χ1v) is 9.80. The number of nitrogens with zero attached hydrogens (tertiary/aromatic N) is 2. The van der Waals surface area contributed by atoms with Gasteiger partial charge in [-0.25, -0.2) is 0 Å². The van der Waals surface area contributed by atoms with Gasteiger partial charge in [0.2, 0.25) is 0 Å². The van der Waals surface area contributed by atoms with E-state index in [1.807, 2.05) is 14.1 Å². The molecule has 0 aliphatic rings. The Hall–Kier alpha value is -0.170. The van der Waals surface area contributed by atoms with E-state index in [1.165, 1.54) is 25.7 Å². The Bertz CT molecular complexity index is 356. The first kappa shape index (κ1) is 20.8. The van der Waals surface area contributed by atoms with Crippen LogP contribution in [0, 0.1) is 0 Å². The lowest BCUT2D eigenvalue weighted by molar-refractivity contribution is -0.888. The average molecular weight is 324 g/mol. The maximum absolute atomic E-state index is 10.8.